The number of aromatic nitrogens is 4. The van der Waals surface area contributed by atoms with Crippen molar-refractivity contribution in [3.63, 3.8) is 0 Å². The molecule has 2 heterocycles. The zero-order valence-corrected chi connectivity index (χ0v) is 14.5. The molecule has 0 saturated heterocycles. The van der Waals surface area contributed by atoms with Crippen LogP contribution in [0.2, 0.25) is 10.0 Å². The van der Waals surface area contributed by atoms with Crippen LogP contribution in [0.1, 0.15) is 0 Å². The summed E-state index contributed by atoms with van der Waals surface area (Å²) in [5, 5.41) is 9.26. The number of fused-ring (bicyclic) bond motifs is 1. The Hall–Kier alpha value is -1.93. The zero-order valence-electron chi connectivity index (χ0n) is 13.0. The van der Waals surface area contributed by atoms with Gasteiger partial charge in [-0.25, -0.2) is 14.6 Å². The molecule has 0 fully saturated rings. The molecule has 24 heavy (non-hydrogen) atoms. The van der Waals surface area contributed by atoms with Crippen molar-refractivity contribution in [3.8, 4) is 5.69 Å². The first-order valence-electron chi connectivity index (χ1n) is 7.07. The van der Waals surface area contributed by atoms with Crippen LogP contribution in [0, 0.1) is 0 Å². The van der Waals surface area contributed by atoms with E-state index < -0.39 is 0 Å². The Bertz CT molecular complexity index is 851. The SMILES string of the molecule is COC(CNc1ncnc2c1cnn2-c1ccc(Cl)c(Cl)c1)OC. The Kier molecular flexibility index (Phi) is 5.15. The van der Waals surface area contributed by atoms with Crippen LogP contribution < -0.4 is 5.32 Å². The summed E-state index contributed by atoms with van der Waals surface area (Å²) in [6.07, 6.45) is 2.78. The number of ether oxygens (including phenoxy) is 2. The molecular weight excluding hydrogens is 353 g/mol. The van der Waals surface area contributed by atoms with Crippen molar-refractivity contribution < 1.29 is 9.47 Å². The quantitative estimate of drug-likeness (QED) is 0.674. The van der Waals surface area contributed by atoms with Gasteiger partial charge in [-0.2, -0.15) is 5.10 Å². The molecule has 0 aliphatic heterocycles. The van der Waals surface area contributed by atoms with Gasteiger partial charge in [0, 0.05) is 14.2 Å². The van der Waals surface area contributed by atoms with E-state index in [4.69, 9.17) is 32.7 Å². The van der Waals surface area contributed by atoms with Crippen molar-refractivity contribution >= 4 is 40.1 Å². The Morgan fingerprint density at radius 2 is 1.96 bits per heavy atom. The average molecular weight is 368 g/mol. The fourth-order valence-electron chi connectivity index (χ4n) is 2.23. The molecule has 0 spiro atoms. The Morgan fingerprint density at radius 3 is 2.67 bits per heavy atom. The third-order valence-electron chi connectivity index (χ3n) is 3.48. The van der Waals surface area contributed by atoms with Gasteiger partial charge < -0.3 is 14.8 Å². The number of methoxy groups -OCH3 is 2. The Morgan fingerprint density at radius 1 is 1.17 bits per heavy atom. The van der Waals surface area contributed by atoms with E-state index >= 15 is 0 Å². The second-order valence-corrected chi connectivity index (χ2v) is 5.71. The summed E-state index contributed by atoms with van der Waals surface area (Å²) >= 11 is 12.0. The summed E-state index contributed by atoms with van der Waals surface area (Å²) < 4.78 is 12.0. The van der Waals surface area contributed by atoms with Crippen molar-refractivity contribution in [1.29, 1.82) is 0 Å². The van der Waals surface area contributed by atoms with Crippen LogP contribution in [0.4, 0.5) is 5.82 Å². The Labute approximate surface area is 148 Å². The largest absolute Gasteiger partial charge is 0.364 e. The molecule has 0 bridgehead atoms. The minimum absolute atomic E-state index is 0.375. The molecule has 0 atom stereocenters. The van der Waals surface area contributed by atoms with Crippen LogP contribution in [-0.4, -0.2) is 46.8 Å². The minimum atomic E-state index is -0.375. The summed E-state index contributed by atoms with van der Waals surface area (Å²) in [5.74, 6) is 0.644. The number of halogens is 2. The maximum Gasteiger partial charge on any atom is 0.173 e. The lowest BCUT2D eigenvalue weighted by Gasteiger charge is -2.14. The number of hydrogen-bond donors (Lipinski definition) is 1. The summed E-state index contributed by atoms with van der Waals surface area (Å²) in [5.41, 5.74) is 1.41. The van der Waals surface area contributed by atoms with Crippen LogP contribution >= 0.6 is 23.2 Å². The third kappa shape index (κ3) is 3.29. The van der Waals surface area contributed by atoms with Gasteiger partial charge in [0.1, 0.15) is 12.1 Å². The van der Waals surface area contributed by atoms with Gasteiger partial charge in [-0.1, -0.05) is 23.2 Å². The van der Waals surface area contributed by atoms with Crippen LogP contribution in [0.25, 0.3) is 16.7 Å². The molecule has 1 N–H and O–H groups in total. The van der Waals surface area contributed by atoms with Crippen molar-refractivity contribution in [2.45, 2.75) is 6.29 Å². The summed E-state index contributed by atoms with van der Waals surface area (Å²) in [4.78, 5) is 8.56. The number of nitrogens with zero attached hydrogens (tertiary/aromatic N) is 4. The first-order chi connectivity index (χ1) is 11.6. The van der Waals surface area contributed by atoms with E-state index in [9.17, 15) is 0 Å². The lowest BCUT2D eigenvalue weighted by atomic mass is 10.3. The molecule has 1 aromatic carbocycles. The smallest absolute Gasteiger partial charge is 0.173 e. The second kappa shape index (κ2) is 7.31. The first kappa shape index (κ1) is 16.9. The average Bonchev–Trinajstić information content (AvgIpc) is 3.03. The van der Waals surface area contributed by atoms with Crippen molar-refractivity contribution in [3.05, 3.63) is 40.8 Å². The summed E-state index contributed by atoms with van der Waals surface area (Å²) in [6, 6.07) is 5.27. The molecule has 0 unspecified atom stereocenters. The van der Waals surface area contributed by atoms with Crippen LogP contribution in [0.5, 0.6) is 0 Å². The fourth-order valence-corrected chi connectivity index (χ4v) is 2.53. The molecule has 126 valence electrons. The molecule has 0 radical (unpaired) electrons. The van der Waals surface area contributed by atoms with E-state index in [1.807, 2.05) is 6.07 Å². The predicted octanol–water partition coefficient (Wildman–Crippen LogP) is 3.15. The zero-order chi connectivity index (χ0) is 17.1. The summed E-state index contributed by atoms with van der Waals surface area (Å²) in [6.45, 7) is 0.442. The monoisotopic (exact) mass is 367 g/mol. The third-order valence-corrected chi connectivity index (χ3v) is 4.21. The van der Waals surface area contributed by atoms with E-state index in [2.05, 4.69) is 20.4 Å². The summed E-state index contributed by atoms with van der Waals surface area (Å²) in [7, 11) is 3.15. The normalized spacial score (nSPS) is 11.4. The molecule has 7 nitrogen and oxygen atoms in total. The maximum absolute atomic E-state index is 6.08. The molecule has 9 heteroatoms. The molecule has 0 aliphatic rings. The van der Waals surface area contributed by atoms with Crippen molar-refractivity contribution in [1.82, 2.24) is 19.7 Å². The predicted molar refractivity (Wildman–Crippen MR) is 93.0 cm³/mol. The number of nitrogens with one attached hydrogen (secondary N) is 1. The van der Waals surface area contributed by atoms with Gasteiger partial charge in [0.15, 0.2) is 11.9 Å². The number of benzene rings is 1. The Balaban J connectivity index is 1.95. The topological polar surface area (TPSA) is 74.1 Å². The second-order valence-electron chi connectivity index (χ2n) is 4.90. The van der Waals surface area contributed by atoms with Crippen LogP contribution in [0.3, 0.4) is 0 Å². The van der Waals surface area contributed by atoms with Gasteiger partial charge in [-0.15, -0.1) is 0 Å². The van der Waals surface area contributed by atoms with Gasteiger partial charge >= 0.3 is 0 Å². The standard InChI is InChI=1S/C15H15Cl2N5O2/c1-23-13(24-2)7-18-14-10-6-21-22(15(10)20-8-19-14)9-3-4-11(16)12(17)5-9/h3-6,8,13H,7H2,1-2H3,(H,18,19,20). The number of rotatable bonds is 6. The van der Waals surface area contributed by atoms with Gasteiger partial charge in [0.25, 0.3) is 0 Å². The highest BCUT2D eigenvalue weighted by atomic mass is 35.5. The van der Waals surface area contributed by atoms with Crippen molar-refractivity contribution in [2.75, 3.05) is 26.1 Å². The van der Waals surface area contributed by atoms with E-state index in [1.54, 1.807) is 37.2 Å². The van der Waals surface area contributed by atoms with Gasteiger partial charge in [0.05, 0.1) is 33.9 Å². The molecule has 0 amide bonds. The number of hydrogen-bond acceptors (Lipinski definition) is 6. The highest BCUT2D eigenvalue weighted by Crippen LogP contribution is 2.27. The molecule has 2 aromatic heterocycles. The van der Waals surface area contributed by atoms with Crippen molar-refractivity contribution in [2.24, 2.45) is 0 Å². The highest BCUT2D eigenvalue weighted by Gasteiger charge is 2.13. The molecular formula is C15H15Cl2N5O2. The lowest BCUT2D eigenvalue weighted by Crippen LogP contribution is -2.24. The van der Waals surface area contributed by atoms with E-state index in [0.29, 0.717) is 28.1 Å². The van der Waals surface area contributed by atoms with E-state index in [1.165, 1.54) is 6.33 Å². The van der Waals surface area contributed by atoms with Gasteiger partial charge in [-0.3, -0.25) is 0 Å². The lowest BCUT2D eigenvalue weighted by molar-refractivity contribution is -0.0914. The van der Waals surface area contributed by atoms with Crippen LogP contribution in [-0.2, 0) is 9.47 Å². The van der Waals surface area contributed by atoms with Gasteiger partial charge in [0.2, 0.25) is 0 Å². The highest BCUT2D eigenvalue weighted by molar-refractivity contribution is 6.42. The van der Waals surface area contributed by atoms with Gasteiger partial charge in [-0.05, 0) is 18.2 Å². The van der Waals surface area contributed by atoms with E-state index in [-0.39, 0.29) is 6.29 Å². The number of anilines is 1. The molecule has 0 saturated carbocycles. The molecule has 0 aliphatic carbocycles. The molecule has 3 rings (SSSR count). The minimum Gasteiger partial charge on any atom is -0.364 e. The fraction of sp³-hybridized carbons (Fsp3) is 0.267. The van der Waals surface area contributed by atoms with Crippen LogP contribution in [0.15, 0.2) is 30.7 Å². The molecule has 3 aromatic rings. The van der Waals surface area contributed by atoms with E-state index in [0.717, 1.165) is 11.1 Å². The first-order valence-corrected chi connectivity index (χ1v) is 7.83. The maximum atomic E-state index is 6.08.